The number of carboxylic acids is 1. The Bertz CT molecular complexity index is 1230. The van der Waals surface area contributed by atoms with E-state index in [1.807, 2.05) is 0 Å². The van der Waals surface area contributed by atoms with Crippen LogP contribution in [0.2, 0.25) is 0 Å². The number of nitrogens with two attached hydrogens (primary N) is 3. The molecule has 0 aliphatic carbocycles. The Morgan fingerprint density at radius 1 is 0.653 bits per heavy atom. The van der Waals surface area contributed by atoms with Gasteiger partial charge < -0.3 is 75.1 Å². The van der Waals surface area contributed by atoms with Gasteiger partial charge in [-0.3, -0.25) is 48.1 Å². The highest BCUT2D eigenvalue weighted by Crippen LogP contribution is 1.99. The minimum Gasteiger partial charge on any atom is -0.480 e. The number of hydrogen-bond acceptors (Lipinski definition) is 13. The summed E-state index contributed by atoms with van der Waals surface area (Å²) in [6.07, 6.45) is -1.06. The van der Waals surface area contributed by atoms with Gasteiger partial charge in [-0.25, -0.2) is 0 Å². The number of amides is 8. The molecule has 0 radical (unpaired) electrons. The molecule has 49 heavy (non-hydrogen) atoms. The number of nitrogens with zero attached hydrogens (tertiary/aromatic N) is 1. The summed E-state index contributed by atoms with van der Waals surface area (Å²) in [6, 6.07) is -4.14. The Kier molecular flexibility index (Phi) is 20.9. The second kappa shape index (κ2) is 23.7. The van der Waals surface area contributed by atoms with Gasteiger partial charge in [-0.1, -0.05) is 0 Å². The van der Waals surface area contributed by atoms with Crippen LogP contribution in [0.15, 0.2) is 4.99 Å². The van der Waals surface area contributed by atoms with Crippen molar-refractivity contribution in [3.63, 3.8) is 0 Å². The molecule has 0 aliphatic heterocycles. The van der Waals surface area contributed by atoms with Crippen LogP contribution < -0.4 is 59.7 Å². The quantitative estimate of drug-likeness (QED) is 0.0267. The molecule has 17 N–H and O–H groups in total. The maximum absolute atomic E-state index is 12.3. The Morgan fingerprint density at radius 3 is 1.59 bits per heavy atom. The van der Waals surface area contributed by atoms with E-state index in [1.54, 1.807) is 0 Å². The summed E-state index contributed by atoms with van der Waals surface area (Å²) in [5.41, 5.74) is 15.6. The average molecular weight is 705 g/mol. The van der Waals surface area contributed by atoms with Gasteiger partial charge in [0.25, 0.3) is 0 Å². The van der Waals surface area contributed by atoms with Crippen molar-refractivity contribution in [2.24, 2.45) is 22.2 Å². The van der Waals surface area contributed by atoms with Crippen molar-refractivity contribution in [1.82, 2.24) is 42.5 Å². The third kappa shape index (κ3) is 20.3. The summed E-state index contributed by atoms with van der Waals surface area (Å²) < 4.78 is 0. The summed E-state index contributed by atoms with van der Waals surface area (Å²) in [5.74, 6) is -8.46. The third-order valence-corrected chi connectivity index (χ3v) is 5.85. The lowest BCUT2D eigenvalue weighted by Crippen LogP contribution is -2.55. The normalized spacial score (nSPS) is 12.7. The fourth-order valence-electron chi connectivity index (χ4n) is 3.43. The number of aliphatic hydroxyl groups is 2. The number of carbonyl (C=O) groups excluding carboxylic acids is 8. The molecule has 0 unspecified atom stereocenters. The van der Waals surface area contributed by atoms with Crippen LogP contribution in [0.3, 0.4) is 0 Å². The Balaban J connectivity index is 4.71. The van der Waals surface area contributed by atoms with Crippen molar-refractivity contribution in [2.45, 2.75) is 44.0 Å². The lowest BCUT2D eigenvalue weighted by molar-refractivity contribution is -0.138. The number of carboxylic acid groups (broad SMARTS) is 1. The van der Waals surface area contributed by atoms with Gasteiger partial charge >= 0.3 is 5.97 Å². The highest BCUT2D eigenvalue weighted by atomic mass is 16.4. The number of rotatable bonds is 23. The summed E-state index contributed by atoms with van der Waals surface area (Å²) in [6.45, 7) is -3.41. The van der Waals surface area contributed by atoms with Crippen LogP contribution in [0.4, 0.5) is 0 Å². The molecule has 0 rings (SSSR count). The van der Waals surface area contributed by atoms with Crippen molar-refractivity contribution in [2.75, 3.05) is 52.4 Å². The molecule has 4 atom stereocenters. The summed E-state index contributed by atoms with van der Waals surface area (Å²) in [7, 11) is 0. The first-order valence-electron chi connectivity index (χ1n) is 14.5. The van der Waals surface area contributed by atoms with Crippen LogP contribution in [-0.2, 0) is 43.2 Å². The zero-order chi connectivity index (χ0) is 37.5. The zero-order valence-corrected chi connectivity index (χ0v) is 26.6. The second-order valence-electron chi connectivity index (χ2n) is 9.96. The van der Waals surface area contributed by atoms with E-state index in [4.69, 9.17) is 22.3 Å². The molecule has 0 fully saturated rings. The molecule has 0 saturated carbocycles. The molecule has 0 aromatic carbocycles. The van der Waals surface area contributed by atoms with Crippen LogP contribution in [0, 0.1) is 0 Å². The van der Waals surface area contributed by atoms with Crippen molar-refractivity contribution in [1.29, 1.82) is 0 Å². The number of guanidine groups is 1. The Labute approximate surface area is 279 Å². The van der Waals surface area contributed by atoms with Gasteiger partial charge in [0.15, 0.2) is 5.96 Å². The van der Waals surface area contributed by atoms with Crippen molar-refractivity contribution >= 4 is 59.2 Å². The largest absolute Gasteiger partial charge is 0.480 e. The Morgan fingerprint density at radius 2 is 1.12 bits per heavy atom. The molecule has 276 valence electrons. The highest BCUT2D eigenvalue weighted by Gasteiger charge is 2.26. The molecule has 24 heteroatoms. The van der Waals surface area contributed by atoms with E-state index in [9.17, 15) is 53.4 Å². The van der Waals surface area contributed by atoms with Gasteiger partial charge in [-0.05, 0) is 19.8 Å². The molecule has 24 nitrogen and oxygen atoms in total. The zero-order valence-electron chi connectivity index (χ0n) is 26.6. The lowest BCUT2D eigenvalue weighted by Gasteiger charge is -2.20. The fraction of sp³-hybridized carbons (Fsp3) is 0.600. The molecule has 0 saturated heterocycles. The van der Waals surface area contributed by atoms with Crippen LogP contribution in [0.5, 0.6) is 0 Å². The molecule has 0 spiro atoms. The van der Waals surface area contributed by atoms with Crippen molar-refractivity contribution < 1.29 is 58.5 Å². The third-order valence-electron chi connectivity index (χ3n) is 5.85. The molecular formula is C25H44N12O12. The van der Waals surface area contributed by atoms with Gasteiger partial charge in [-0.15, -0.1) is 0 Å². The van der Waals surface area contributed by atoms with E-state index in [2.05, 4.69) is 47.5 Å². The number of carbonyl (C=O) groups is 9. The number of aliphatic hydroxyl groups excluding tert-OH is 2. The fourth-order valence-corrected chi connectivity index (χ4v) is 3.43. The second-order valence-corrected chi connectivity index (χ2v) is 9.96. The summed E-state index contributed by atoms with van der Waals surface area (Å²) in [4.78, 5) is 111. The summed E-state index contributed by atoms with van der Waals surface area (Å²) >= 11 is 0. The molecule has 0 heterocycles. The monoisotopic (exact) mass is 704 g/mol. The number of aliphatic carboxylic acids is 1. The maximum Gasteiger partial charge on any atom is 0.322 e. The average Bonchev–Trinajstić information content (AvgIpc) is 3.04. The topological polar surface area (TPSA) is 401 Å². The SMILES string of the molecule is C[C@@H](O)[C@H](NC(=O)CN)C(=O)NCC(=O)NCC(=O)N[C@@H](CO)C(=O)NCC(=O)NCC(=O)N[C@@H](CCCN=C(N)N)C(=O)NCC(=O)O. The van der Waals surface area contributed by atoms with Crippen LogP contribution in [0.1, 0.15) is 19.8 Å². The highest BCUT2D eigenvalue weighted by molar-refractivity contribution is 5.95. The maximum atomic E-state index is 12.3. The van der Waals surface area contributed by atoms with Gasteiger partial charge in [0.05, 0.1) is 45.4 Å². The number of aliphatic imine (C=N–C) groups is 1. The number of nitrogens with one attached hydrogen (secondary N) is 8. The van der Waals surface area contributed by atoms with E-state index in [-0.39, 0.29) is 25.3 Å². The minimum atomic E-state index is -1.55. The van der Waals surface area contributed by atoms with Crippen LogP contribution in [-0.4, -0.2) is 151 Å². The first-order chi connectivity index (χ1) is 23.0. The number of hydrogen-bond donors (Lipinski definition) is 14. The van der Waals surface area contributed by atoms with E-state index in [0.717, 1.165) is 0 Å². The van der Waals surface area contributed by atoms with Gasteiger partial charge in [0.1, 0.15) is 24.7 Å². The minimum absolute atomic E-state index is 0.0212. The standard InChI is InChI=1S/C25H44N12O12/c1-12(39)21(37-15(40)5-26)24(49)33-7-17(42)31-9-19(44)36-14(11-38)23(48)32-6-16(41)30-8-18(43)35-13(3-2-4-29-25(27)28)22(47)34-10-20(45)46/h12-14,21,38-39H,2-11,26H2,1H3,(H,30,41)(H,31,42)(H,32,48)(H,33,49)(H,34,47)(H,35,43)(H,36,44)(H,37,40)(H,45,46)(H4,27,28,29)/t12-,13+,14+,21+/m1/s1. The van der Waals surface area contributed by atoms with Crippen LogP contribution in [0.25, 0.3) is 0 Å². The van der Waals surface area contributed by atoms with E-state index in [1.165, 1.54) is 6.92 Å². The lowest BCUT2D eigenvalue weighted by atomic mass is 10.1. The van der Waals surface area contributed by atoms with Crippen molar-refractivity contribution in [3.8, 4) is 0 Å². The van der Waals surface area contributed by atoms with Gasteiger partial charge in [-0.2, -0.15) is 0 Å². The van der Waals surface area contributed by atoms with Gasteiger partial charge in [0, 0.05) is 6.54 Å². The first-order valence-corrected chi connectivity index (χ1v) is 14.5. The van der Waals surface area contributed by atoms with Crippen LogP contribution >= 0.6 is 0 Å². The molecule has 0 aliphatic rings. The predicted octanol–water partition coefficient (Wildman–Crippen LogP) is -9.51. The first kappa shape index (κ1) is 43.4. The molecular weight excluding hydrogens is 660 g/mol. The van der Waals surface area contributed by atoms with E-state index in [0.29, 0.717) is 0 Å². The predicted molar refractivity (Wildman–Crippen MR) is 166 cm³/mol. The Hall–Kier alpha value is -5.62. The van der Waals surface area contributed by atoms with Crippen molar-refractivity contribution in [3.05, 3.63) is 0 Å². The molecule has 0 bridgehead atoms. The molecule has 8 amide bonds. The smallest absolute Gasteiger partial charge is 0.322 e. The van der Waals surface area contributed by atoms with E-state index >= 15 is 0 Å². The van der Waals surface area contributed by atoms with Gasteiger partial charge in [0.2, 0.25) is 47.3 Å². The molecule has 0 aromatic heterocycles. The summed E-state index contributed by atoms with van der Waals surface area (Å²) in [5, 5.41) is 45.2. The van der Waals surface area contributed by atoms with E-state index < -0.39 is 123 Å². The molecule has 0 aromatic rings.